The van der Waals surface area contributed by atoms with Crippen molar-refractivity contribution in [2.45, 2.75) is 57.5 Å². The predicted octanol–water partition coefficient (Wildman–Crippen LogP) is 4.00. The van der Waals surface area contributed by atoms with Gasteiger partial charge in [0.05, 0.1) is 39.3 Å². The van der Waals surface area contributed by atoms with Gasteiger partial charge in [0.2, 0.25) is 11.7 Å². The van der Waals surface area contributed by atoms with Crippen LogP contribution in [0.25, 0.3) is 11.4 Å². The normalized spacial score (nSPS) is 18.0. The number of likely N-dealkylation sites (tertiary alicyclic amines) is 1. The zero-order valence-electron chi connectivity index (χ0n) is 30.1. The van der Waals surface area contributed by atoms with Gasteiger partial charge in [-0.3, -0.25) is 14.4 Å². The molecule has 16 nitrogen and oxygen atoms in total. The zero-order valence-corrected chi connectivity index (χ0v) is 30.9. The number of urea groups is 1. The van der Waals surface area contributed by atoms with Crippen molar-refractivity contribution in [3.05, 3.63) is 80.0 Å². The van der Waals surface area contributed by atoms with E-state index in [1.165, 1.54) is 20.7 Å². The van der Waals surface area contributed by atoms with Crippen molar-refractivity contribution in [1.29, 1.82) is 0 Å². The Balaban J connectivity index is 1.26. The van der Waals surface area contributed by atoms with E-state index in [1.54, 1.807) is 38.9 Å². The lowest BCUT2D eigenvalue weighted by molar-refractivity contribution is -0.137. The third-order valence-corrected chi connectivity index (χ3v) is 10.4. The van der Waals surface area contributed by atoms with E-state index in [4.69, 9.17) is 21.3 Å². The summed E-state index contributed by atoms with van der Waals surface area (Å²) >= 11 is 6.15. The molecule has 0 saturated carbocycles. The van der Waals surface area contributed by atoms with Crippen LogP contribution < -0.4 is 10.9 Å². The van der Waals surface area contributed by atoms with Crippen LogP contribution in [0.15, 0.2) is 35.4 Å². The first-order valence-corrected chi connectivity index (χ1v) is 17.7. The van der Waals surface area contributed by atoms with Crippen LogP contribution in [0.1, 0.15) is 71.1 Å². The van der Waals surface area contributed by atoms with Gasteiger partial charge < -0.3 is 34.4 Å². The fraction of sp³-hybridized carbons (Fsp3) is 0.429. The van der Waals surface area contributed by atoms with E-state index in [1.807, 2.05) is 0 Å². The fourth-order valence-electron chi connectivity index (χ4n) is 7.34. The Morgan fingerprint density at radius 2 is 1.85 bits per heavy atom. The lowest BCUT2D eigenvalue weighted by Crippen LogP contribution is -2.47. The molecule has 6 heterocycles. The smallest absolute Gasteiger partial charge is 0.416 e. The first-order valence-electron chi connectivity index (χ1n) is 17.3. The van der Waals surface area contributed by atoms with Crippen molar-refractivity contribution < 1.29 is 37.4 Å². The molecule has 4 amide bonds. The topological polar surface area (TPSA) is 180 Å². The van der Waals surface area contributed by atoms with Gasteiger partial charge in [0.15, 0.2) is 17.3 Å². The van der Waals surface area contributed by atoms with E-state index in [-0.39, 0.29) is 83.5 Å². The minimum absolute atomic E-state index is 0.0230. The number of fused-ring (bicyclic) bond motifs is 3. The first kappa shape index (κ1) is 37.7. The molecule has 1 saturated heterocycles. The van der Waals surface area contributed by atoms with E-state index in [2.05, 4.69) is 20.4 Å². The van der Waals surface area contributed by atoms with Crippen molar-refractivity contribution in [2.75, 3.05) is 45.6 Å². The molecule has 1 atom stereocenters. The van der Waals surface area contributed by atoms with Crippen LogP contribution in [0, 0.1) is 6.92 Å². The molecule has 4 aromatic rings. The van der Waals surface area contributed by atoms with Gasteiger partial charge in [-0.15, -0.1) is 5.10 Å². The molecule has 2 N–H and O–H groups in total. The van der Waals surface area contributed by atoms with E-state index in [9.17, 15) is 37.5 Å². The van der Waals surface area contributed by atoms with E-state index < -0.39 is 47.4 Å². The Kier molecular flexibility index (Phi) is 9.56. The van der Waals surface area contributed by atoms with Gasteiger partial charge in [-0.2, -0.15) is 22.7 Å². The molecule has 1 spiro atoms. The Morgan fingerprint density at radius 1 is 1.13 bits per heavy atom. The Morgan fingerprint density at radius 3 is 2.49 bits per heavy atom. The second kappa shape index (κ2) is 13.9. The molecule has 1 fully saturated rings. The lowest BCUT2D eigenvalue weighted by Gasteiger charge is -2.39. The van der Waals surface area contributed by atoms with Gasteiger partial charge >= 0.3 is 12.2 Å². The highest BCUT2D eigenvalue weighted by Crippen LogP contribution is 2.48. The summed E-state index contributed by atoms with van der Waals surface area (Å²) in [5.74, 6) is -1.27. The molecule has 290 valence electrons. The van der Waals surface area contributed by atoms with E-state index in [0.29, 0.717) is 30.3 Å². The van der Waals surface area contributed by atoms with Gasteiger partial charge in [0, 0.05) is 40.3 Å². The number of alkyl halides is 3. The molecule has 3 aromatic heterocycles. The van der Waals surface area contributed by atoms with Crippen molar-refractivity contribution >= 4 is 46.5 Å². The number of amides is 4. The van der Waals surface area contributed by atoms with Gasteiger partial charge in [-0.05, 0) is 56.9 Å². The number of aryl methyl sites for hydroxylation is 1. The molecular weight excluding hydrogens is 749 g/mol. The average Bonchev–Trinajstić information content (AvgIpc) is 3.71. The summed E-state index contributed by atoms with van der Waals surface area (Å²) in [4.78, 5) is 71.3. The maximum atomic E-state index is 14.5. The summed E-state index contributed by atoms with van der Waals surface area (Å²) in [6.45, 7) is 3.76. The molecule has 0 bridgehead atoms. The van der Waals surface area contributed by atoms with Crippen LogP contribution in [0.5, 0.6) is 5.75 Å². The largest absolute Gasteiger partial charge is 0.504 e. The van der Waals surface area contributed by atoms with Crippen LogP contribution in [0.4, 0.5) is 23.7 Å². The summed E-state index contributed by atoms with van der Waals surface area (Å²) in [6, 6.07) is 2.41. The van der Waals surface area contributed by atoms with Crippen LogP contribution in [0.3, 0.4) is 0 Å². The number of hydrogen-bond donors (Lipinski definition) is 2. The first-order chi connectivity index (χ1) is 26.0. The van der Waals surface area contributed by atoms with Crippen molar-refractivity contribution in [3.63, 3.8) is 0 Å². The second-order valence-corrected chi connectivity index (χ2v) is 14.3. The molecule has 0 unspecified atom stereocenters. The number of carbonyl (C=O) groups is 3. The summed E-state index contributed by atoms with van der Waals surface area (Å²) < 4.78 is 49.0. The summed E-state index contributed by atoms with van der Waals surface area (Å²) in [6.07, 6.45) is -1.64. The number of carbonyl (C=O) groups excluding carboxylic acids is 3. The maximum Gasteiger partial charge on any atom is 0.416 e. The number of halogens is 4. The number of aromatic hydroxyl groups is 1. The quantitative estimate of drug-likeness (QED) is 0.301. The van der Waals surface area contributed by atoms with Crippen molar-refractivity contribution in [3.8, 4) is 5.75 Å². The van der Waals surface area contributed by atoms with Crippen LogP contribution in [-0.4, -0.2) is 107 Å². The number of benzene rings is 1. The number of rotatable bonds is 5. The number of ether oxygens (including phenoxy) is 1. The summed E-state index contributed by atoms with van der Waals surface area (Å²) in [5, 5.41) is 17.3. The van der Waals surface area contributed by atoms with Crippen molar-refractivity contribution in [1.82, 2.24) is 43.8 Å². The Labute approximate surface area is 316 Å². The van der Waals surface area contributed by atoms with E-state index in [0.717, 1.165) is 16.6 Å². The standard InChI is InChI=1S/C35H36ClF3N10O6/c1-18-28(51)26(41-17-40-18)31(53)46-13-9-34(10-14-46)25-27(19(2)55-34)48(16-24(50)42-23-6-5-21(15-22(23)36)35(37,38)39)32-43-29(44-49(32)30(25)52)20-7-11-47(12-8-20)33(54)45(3)4/h5-7,15,17,19,51H,8-14,16H2,1-4H3,(H,42,50)/t19-/m1/s1. The molecule has 3 aliphatic rings. The molecule has 0 radical (unpaired) electrons. The van der Waals surface area contributed by atoms with Crippen LogP contribution in [-0.2, 0) is 27.9 Å². The van der Waals surface area contributed by atoms with Crippen LogP contribution >= 0.6 is 11.6 Å². The number of aromatic nitrogens is 6. The molecular formula is C35H36ClF3N10O6. The Hall–Kier alpha value is -5.56. The van der Waals surface area contributed by atoms with Gasteiger partial charge in [-0.25, -0.2) is 14.8 Å². The molecule has 55 heavy (non-hydrogen) atoms. The minimum atomic E-state index is -4.64. The van der Waals surface area contributed by atoms with Gasteiger partial charge in [0.25, 0.3) is 11.5 Å². The minimum Gasteiger partial charge on any atom is -0.504 e. The monoisotopic (exact) mass is 784 g/mol. The molecule has 1 aromatic carbocycles. The Bertz CT molecular complexity index is 2330. The SMILES string of the molecule is Cc1ncnc(C(=O)N2CCC3(CC2)O[C@H](C)c2c3c(=O)n3nc(C4=CCN(C(=O)N(C)C)CC4)nc3n2CC(=O)Nc2ccc(C(F)(F)F)cc2Cl)c1O. The fourth-order valence-corrected chi connectivity index (χ4v) is 7.56. The number of nitrogens with one attached hydrogen (secondary N) is 1. The lowest BCUT2D eigenvalue weighted by atomic mass is 9.85. The third-order valence-electron chi connectivity index (χ3n) is 10.1. The maximum absolute atomic E-state index is 14.5. The van der Waals surface area contributed by atoms with Crippen molar-refractivity contribution in [2.24, 2.45) is 0 Å². The second-order valence-electron chi connectivity index (χ2n) is 13.8. The number of piperidine rings is 1. The molecule has 20 heteroatoms. The molecule has 0 aliphatic carbocycles. The summed E-state index contributed by atoms with van der Waals surface area (Å²) in [7, 11) is 3.31. The van der Waals surface area contributed by atoms with E-state index >= 15 is 0 Å². The number of hydrogen-bond acceptors (Lipinski definition) is 10. The molecule has 3 aliphatic heterocycles. The molecule has 7 rings (SSSR count). The average molecular weight is 785 g/mol. The highest BCUT2D eigenvalue weighted by atomic mass is 35.5. The predicted molar refractivity (Wildman–Crippen MR) is 190 cm³/mol. The van der Waals surface area contributed by atoms with Crippen LogP contribution in [0.2, 0.25) is 5.02 Å². The highest BCUT2D eigenvalue weighted by Gasteiger charge is 2.51. The van der Waals surface area contributed by atoms with Gasteiger partial charge in [-0.1, -0.05) is 17.7 Å². The number of anilines is 1. The summed E-state index contributed by atoms with van der Waals surface area (Å²) in [5.41, 5.74) is -1.38. The highest BCUT2D eigenvalue weighted by molar-refractivity contribution is 6.33. The zero-order chi connectivity index (χ0) is 39.6. The number of nitrogens with zero attached hydrogens (tertiary/aromatic N) is 9. The third kappa shape index (κ3) is 6.75. The van der Waals surface area contributed by atoms with Gasteiger partial charge in [0.1, 0.15) is 18.5 Å².